The number of rotatable bonds is 5. The highest BCUT2D eigenvalue weighted by molar-refractivity contribution is 9.10. The summed E-state index contributed by atoms with van der Waals surface area (Å²) in [6, 6.07) is 12.6. The Morgan fingerprint density at radius 3 is 2.60 bits per heavy atom. The number of piperidine rings is 1. The lowest BCUT2D eigenvalue weighted by Crippen LogP contribution is -2.30. The summed E-state index contributed by atoms with van der Waals surface area (Å²) in [5.41, 5.74) is 2.22. The largest absolute Gasteiger partial charge is 0.374 e. The van der Waals surface area contributed by atoms with Crippen LogP contribution < -0.4 is 15.5 Å². The zero-order valence-electron chi connectivity index (χ0n) is 13.9. The summed E-state index contributed by atoms with van der Waals surface area (Å²) in [6.07, 6.45) is 3.66. The Labute approximate surface area is 155 Å². The van der Waals surface area contributed by atoms with Crippen LogP contribution in [0.5, 0.6) is 0 Å². The number of nitrogens with zero attached hydrogens (tertiary/aromatic N) is 1. The Morgan fingerprint density at radius 1 is 1.08 bits per heavy atom. The van der Waals surface area contributed by atoms with E-state index in [0.29, 0.717) is 4.47 Å². The maximum absolute atomic E-state index is 13.8. The van der Waals surface area contributed by atoms with Crippen LogP contribution in [0.3, 0.4) is 0 Å². The van der Waals surface area contributed by atoms with Crippen molar-refractivity contribution in [2.24, 2.45) is 0 Å². The third kappa shape index (κ3) is 4.72. The van der Waals surface area contributed by atoms with Crippen molar-refractivity contribution < 1.29 is 9.18 Å². The van der Waals surface area contributed by atoms with Gasteiger partial charge in [0.1, 0.15) is 5.82 Å². The molecule has 1 amide bonds. The molecule has 1 aliphatic rings. The summed E-state index contributed by atoms with van der Waals surface area (Å²) in [4.78, 5) is 14.5. The number of hydrogen-bond acceptors (Lipinski definition) is 3. The summed E-state index contributed by atoms with van der Waals surface area (Å²) in [5.74, 6) is -0.744. The predicted octanol–water partition coefficient (Wildman–Crippen LogP) is 4.63. The van der Waals surface area contributed by atoms with Gasteiger partial charge in [-0.05, 0) is 49.6 Å². The van der Waals surface area contributed by atoms with E-state index in [1.807, 2.05) is 18.2 Å². The molecule has 1 heterocycles. The predicted molar refractivity (Wildman–Crippen MR) is 104 cm³/mol. The SMILES string of the molecule is O=C(CNc1ccccc1N1CCCCC1)Nc1ccc(Br)cc1F. The number of halogens is 2. The summed E-state index contributed by atoms with van der Waals surface area (Å²) in [5, 5.41) is 5.77. The molecule has 1 aliphatic heterocycles. The number of para-hydroxylation sites is 2. The van der Waals surface area contributed by atoms with Gasteiger partial charge in [-0.1, -0.05) is 28.1 Å². The van der Waals surface area contributed by atoms with Gasteiger partial charge in [0, 0.05) is 17.6 Å². The lowest BCUT2D eigenvalue weighted by molar-refractivity contribution is -0.114. The third-order valence-electron chi connectivity index (χ3n) is 4.25. The van der Waals surface area contributed by atoms with Crippen LogP contribution >= 0.6 is 15.9 Å². The van der Waals surface area contributed by atoms with Crippen LogP contribution in [0.2, 0.25) is 0 Å². The molecular formula is C19H21BrFN3O. The fraction of sp³-hybridized carbons (Fsp3) is 0.316. The fourth-order valence-electron chi connectivity index (χ4n) is 2.99. The molecule has 4 nitrogen and oxygen atoms in total. The monoisotopic (exact) mass is 405 g/mol. The van der Waals surface area contributed by atoms with E-state index < -0.39 is 5.82 Å². The van der Waals surface area contributed by atoms with Crippen molar-refractivity contribution in [2.75, 3.05) is 35.2 Å². The fourth-order valence-corrected chi connectivity index (χ4v) is 3.33. The summed E-state index contributed by atoms with van der Waals surface area (Å²) < 4.78 is 14.4. The minimum absolute atomic E-state index is 0.0837. The van der Waals surface area contributed by atoms with Crippen molar-refractivity contribution in [1.29, 1.82) is 0 Å². The van der Waals surface area contributed by atoms with E-state index in [1.165, 1.54) is 25.3 Å². The molecule has 6 heteroatoms. The van der Waals surface area contributed by atoms with E-state index in [2.05, 4.69) is 37.5 Å². The second-order valence-electron chi connectivity index (χ2n) is 6.09. The third-order valence-corrected chi connectivity index (χ3v) is 4.74. The normalized spacial score (nSPS) is 14.2. The first-order valence-electron chi connectivity index (χ1n) is 8.46. The van der Waals surface area contributed by atoms with Crippen LogP contribution in [0.1, 0.15) is 19.3 Å². The molecule has 2 aromatic rings. The molecule has 0 saturated carbocycles. The minimum atomic E-state index is -0.462. The molecule has 1 fully saturated rings. The number of anilines is 3. The zero-order chi connectivity index (χ0) is 17.6. The summed E-state index contributed by atoms with van der Waals surface area (Å²) >= 11 is 3.20. The van der Waals surface area contributed by atoms with Crippen molar-refractivity contribution in [3.63, 3.8) is 0 Å². The average molecular weight is 406 g/mol. The topological polar surface area (TPSA) is 44.4 Å². The molecule has 0 aromatic heterocycles. The van der Waals surface area contributed by atoms with Gasteiger partial charge in [-0.15, -0.1) is 0 Å². The Kier molecular flexibility index (Phi) is 5.91. The lowest BCUT2D eigenvalue weighted by Gasteiger charge is -2.30. The molecule has 132 valence electrons. The van der Waals surface area contributed by atoms with E-state index in [-0.39, 0.29) is 18.1 Å². The van der Waals surface area contributed by atoms with Gasteiger partial charge in [0.25, 0.3) is 0 Å². The van der Waals surface area contributed by atoms with E-state index >= 15 is 0 Å². The summed E-state index contributed by atoms with van der Waals surface area (Å²) in [7, 11) is 0. The lowest BCUT2D eigenvalue weighted by atomic mass is 10.1. The Hall–Kier alpha value is -2.08. The van der Waals surface area contributed by atoms with Gasteiger partial charge in [0.05, 0.1) is 23.6 Å². The minimum Gasteiger partial charge on any atom is -0.374 e. The summed E-state index contributed by atoms with van der Waals surface area (Å²) in [6.45, 7) is 2.16. The first-order valence-corrected chi connectivity index (χ1v) is 9.25. The molecule has 2 aromatic carbocycles. The first kappa shape index (κ1) is 17.7. The molecule has 1 saturated heterocycles. The first-order chi connectivity index (χ1) is 12.1. The van der Waals surface area contributed by atoms with Crippen LogP contribution in [0, 0.1) is 5.82 Å². The molecule has 2 N–H and O–H groups in total. The van der Waals surface area contributed by atoms with Gasteiger partial charge in [-0.2, -0.15) is 0 Å². The maximum atomic E-state index is 13.8. The molecule has 25 heavy (non-hydrogen) atoms. The van der Waals surface area contributed by atoms with Gasteiger partial charge in [0.2, 0.25) is 5.91 Å². The number of amides is 1. The maximum Gasteiger partial charge on any atom is 0.243 e. The van der Waals surface area contributed by atoms with Crippen molar-refractivity contribution in [2.45, 2.75) is 19.3 Å². The van der Waals surface area contributed by atoms with Crippen molar-refractivity contribution in [1.82, 2.24) is 0 Å². The number of hydrogen-bond donors (Lipinski definition) is 2. The van der Waals surface area contributed by atoms with Gasteiger partial charge in [-0.3, -0.25) is 4.79 Å². The second kappa shape index (κ2) is 8.34. The van der Waals surface area contributed by atoms with Crippen LogP contribution in [0.4, 0.5) is 21.5 Å². The molecular weight excluding hydrogens is 385 g/mol. The number of carbonyl (C=O) groups excluding carboxylic acids is 1. The highest BCUT2D eigenvalue weighted by Crippen LogP contribution is 2.28. The number of nitrogens with one attached hydrogen (secondary N) is 2. The van der Waals surface area contributed by atoms with E-state index in [1.54, 1.807) is 12.1 Å². The van der Waals surface area contributed by atoms with Crippen molar-refractivity contribution in [3.05, 3.63) is 52.8 Å². The van der Waals surface area contributed by atoms with Crippen molar-refractivity contribution >= 4 is 38.9 Å². The molecule has 0 spiro atoms. The quantitative estimate of drug-likeness (QED) is 0.761. The Bertz CT molecular complexity index is 747. The van der Waals surface area contributed by atoms with Crippen molar-refractivity contribution in [3.8, 4) is 0 Å². The van der Waals surface area contributed by atoms with Gasteiger partial charge in [-0.25, -0.2) is 4.39 Å². The van der Waals surface area contributed by atoms with Crippen LogP contribution in [0.15, 0.2) is 46.9 Å². The second-order valence-corrected chi connectivity index (χ2v) is 7.01. The van der Waals surface area contributed by atoms with E-state index in [9.17, 15) is 9.18 Å². The standard InChI is InChI=1S/C19H21BrFN3O/c20-14-8-9-16(15(21)12-14)23-19(25)13-22-17-6-2-3-7-18(17)24-10-4-1-5-11-24/h2-3,6-9,12,22H,1,4-5,10-11,13H2,(H,23,25). The molecule has 0 atom stereocenters. The molecule has 0 aliphatic carbocycles. The molecule has 0 radical (unpaired) electrons. The van der Waals surface area contributed by atoms with Crippen LogP contribution in [0.25, 0.3) is 0 Å². The van der Waals surface area contributed by atoms with Gasteiger partial charge >= 0.3 is 0 Å². The number of benzene rings is 2. The average Bonchev–Trinajstić information content (AvgIpc) is 2.63. The van der Waals surface area contributed by atoms with E-state index in [4.69, 9.17) is 0 Å². The van der Waals surface area contributed by atoms with Gasteiger partial charge < -0.3 is 15.5 Å². The Morgan fingerprint density at radius 2 is 1.84 bits per heavy atom. The van der Waals surface area contributed by atoms with E-state index in [0.717, 1.165) is 24.5 Å². The zero-order valence-corrected chi connectivity index (χ0v) is 15.5. The molecule has 0 unspecified atom stereocenters. The Balaban J connectivity index is 1.62. The highest BCUT2D eigenvalue weighted by atomic mass is 79.9. The smallest absolute Gasteiger partial charge is 0.243 e. The van der Waals surface area contributed by atoms with Crippen LogP contribution in [-0.2, 0) is 4.79 Å². The molecule has 3 rings (SSSR count). The number of carbonyl (C=O) groups is 1. The molecule has 0 bridgehead atoms. The van der Waals surface area contributed by atoms with Gasteiger partial charge in [0.15, 0.2) is 0 Å². The van der Waals surface area contributed by atoms with Crippen LogP contribution in [-0.4, -0.2) is 25.5 Å². The highest BCUT2D eigenvalue weighted by Gasteiger charge is 2.15.